The van der Waals surface area contributed by atoms with E-state index < -0.39 is 10.0 Å². The maximum Gasteiger partial charge on any atom is 0.248 e. The van der Waals surface area contributed by atoms with E-state index in [9.17, 15) is 13.2 Å². The molecular formula is C24H24N2O4S. The van der Waals surface area contributed by atoms with Gasteiger partial charge in [-0.2, -0.15) is 4.31 Å². The molecule has 3 aromatic rings. The first-order valence-electron chi connectivity index (χ1n) is 9.62. The lowest BCUT2D eigenvalue weighted by Crippen LogP contribution is -2.26. The maximum absolute atomic E-state index is 12.8. The van der Waals surface area contributed by atoms with Crippen molar-refractivity contribution in [1.82, 2.24) is 4.31 Å². The maximum atomic E-state index is 12.8. The molecule has 1 amide bonds. The highest BCUT2D eigenvalue weighted by Crippen LogP contribution is 2.19. The van der Waals surface area contributed by atoms with Crippen LogP contribution in [0.4, 0.5) is 5.69 Å². The molecule has 3 rings (SSSR count). The fraction of sp³-hybridized carbons (Fsp3) is 0.125. The van der Waals surface area contributed by atoms with Crippen molar-refractivity contribution in [2.75, 3.05) is 19.5 Å². The summed E-state index contributed by atoms with van der Waals surface area (Å²) in [5.41, 5.74) is 2.27. The van der Waals surface area contributed by atoms with Gasteiger partial charge < -0.3 is 10.1 Å². The lowest BCUT2D eigenvalue weighted by atomic mass is 10.2. The van der Waals surface area contributed by atoms with Crippen molar-refractivity contribution in [3.05, 3.63) is 96.1 Å². The Morgan fingerprint density at radius 1 is 0.968 bits per heavy atom. The topological polar surface area (TPSA) is 75.7 Å². The van der Waals surface area contributed by atoms with Crippen LogP contribution in [0, 0.1) is 0 Å². The van der Waals surface area contributed by atoms with Crippen molar-refractivity contribution < 1.29 is 17.9 Å². The lowest BCUT2D eigenvalue weighted by Gasteiger charge is -2.17. The van der Waals surface area contributed by atoms with Crippen molar-refractivity contribution in [3.8, 4) is 5.75 Å². The number of carbonyl (C=O) groups excluding carboxylic acids is 1. The Morgan fingerprint density at radius 2 is 1.61 bits per heavy atom. The third-order valence-electron chi connectivity index (χ3n) is 4.62. The number of ether oxygens (including phenoxy) is 1. The van der Waals surface area contributed by atoms with Gasteiger partial charge in [0.1, 0.15) is 5.75 Å². The highest BCUT2D eigenvalue weighted by Gasteiger charge is 2.20. The molecule has 0 aliphatic rings. The van der Waals surface area contributed by atoms with Crippen LogP contribution in [-0.2, 0) is 21.4 Å². The molecule has 0 spiro atoms. The highest BCUT2D eigenvalue weighted by atomic mass is 32.2. The van der Waals surface area contributed by atoms with E-state index in [4.69, 9.17) is 4.74 Å². The molecule has 6 nitrogen and oxygen atoms in total. The number of amides is 1. The Kier molecular flexibility index (Phi) is 7.23. The number of benzene rings is 3. The number of hydrogen-bond donors (Lipinski definition) is 1. The van der Waals surface area contributed by atoms with Crippen LogP contribution in [0.1, 0.15) is 11.1 Å². The van der Waals surface area contributed by atoms with Gasteiger partial charge in [0.15, 0.2) is 0 Å². The lowest BCUT2D eigenvalue weighted by molar-refractivity contribution is -0.111. The Hall–Kier alpha value is -3.42. The molecule has 0 aliphatic carbocycles. The Labute approximate surface area is 182 Å². The molecule has 7 heteroatoms. The first-order chi connectivity index (χ1) is 14.9. The van der Waals surface area contributed by atoms with Crippen molar-refractivity contribution in [2.45, 2.75) is 11.4 Å². The number of methoxy groups -OCH3 is 1. The summed E-state index contributed by atoms with van der Waals surface area (Å²) < 4.78 is 32.0. The molecule has 0 heterocycles. The molecule has 0 saturated carbocycles. The summed E-state index contributed by atoms with van der Waals surface area (Å²) in [4.78, 5) is 12.3. The van der Waals surface area contributed by atoms with E-state index in [-0.39, 0.29) is 17.3 Å². The monoisotopic (exact) mass is 436 g/mol. The van der Waals surface area contributed by atoms with Gasteiger partial charge in [-0.3, -0.25) is 4.79 Å². The van der Waals surface area contributed by atoms with Gasteiger partial charge in [-0.15, -0.1) is 0 Å². The zero-order valence-corrected chi connectivity index (χ0v) is 18.2. The molecular weight excluding hydrogens is 412 g/mol. The molecule has 1 N–H and O–H groups in total. The predicted octanol–water partition coefficient (Wildman–Crippen LogP) is 4.17. The van der Waals surface area contributed by atoms with Crippen LogP contribution in [0.3, 0.4) is 0 Å². The van der Waals surface area contributed by atoms with Crippen molar-refractivity contribution in [1.29, 1.82) is 0 Å². The average molecular weight is 437 g/mol. The Morgan fingerprint density at radius 3 is 2.23 bits per heavy atom. The standard InChI is InChI=1S/C24H24N2O4S/c1-26(18-20-6-4-3-5-7-20)31(28,29)23-15-11-21(12-16-23)25-24(27)17-10-19-8-13-22(30-2)14-9-19/h3-17H,18H2,1-2H3,(H,25,27). The van der Waals surface area contributed by atoms with Gasteiger partial charge in [-0.05, 0) is 53.6 Å². The van der Waals surface area contributed by atoms with Gasteiger partial charge in [0.2, 0.25) is 15.9 Å². The molecule has 0 bridgehead atoms. The number of nitrogens with one attached hydrogen (secondary N) is 1. The van der Waals surface area contributed by atoms with Crippen LogP contribution in [0.15, 0.2) is 89.8 Å². The second kappa shape index (κ2) is 10.1. The summed E-state index contributed by atoms with van der Waals surface area (Å²) in [6.45, 7) is 0.276. The van der Waals surface area contributed by atoms with Crippen LogP contribution >= 0.6 is 0 Å². The summed E-state index contributed by atoms with van der Waals surface area (Å²) in [5.74, 6) is 0.429. The predicted molar refractivity (Wildman–Crippen MR) is 122 cm³/mol. The number of rotatable bonds is 8. The minimum atomic E-state index is -3.64. The van der Waals surface area contributed by atoms with Crippen LogP contribution in [0.25, 0.3) is 6.08 Å². The van der Waals surface area contributed by atoms with E-state index in [2.05, 4.69) is 5.32 Å². The van der Waals surface area contributed by atoms with Gasteiger partial charge in [-0.25, -0.2) is 8.42 Å². The fourth-order valence-electron chi connectivity index (χ4n) is 2.89. The third-order valence-corrected chi connectivity index (χ3v) is 6.44. The minimum absolute atomic E-state index is 0.165. The van der Waals surface area contributed by atoms with Gasteiger partial charge in [0.05, 0.1) is 12.0 Å². The second-order valence-corrected chi connectivity index (χ2v) is 8.91. The average Bonchev–Trinajstić information content (AvgIpc) is 2.79. The first kappa shape index (κ1) is 22.3. The van der Waals surface area contributed by atoms with Crippen molar-refractivity contribution in [3.63, 3.8) is 0 Å². The SMILES string of the molecule is COc1ccc(C=CC(=O)Nc2ccc(S(=O)(=O)N(C)Cc3ccccc3)cc2)cc1. The van der Waals surface area contributed by atoms with E-state index in [1.165, 1.54) is 22.5 Å². The quantitative estimate of drug-likeness (QED) is 0.538. The summed E-state index contributed by atoms with van der Waals surface area (Å²) in [6.07, 6.45) is 3.10. The van der Waals surface area contributed by atoms with Crippen molar-refractivity contribution >= 4 is 27.7 Å². The molecule has 0 aliphatic heterocycles. The zero-order chi connectivity index (χ0) is 22.3. The van der Waals surface area contributed by atoms with E-state index in [1.54, 1.807) is 32.4 Å². The van der Waals surface area contributed by atoms with E-state index in [1.807, 2.05) is 54.6 Å². The van der Waals surface area contributed by atoms with E-state index in [0.29, 0.717) is 5.69 Å². The van der Waals surface area contributed by atoms with Gasteiger partial charge >= 0.3 is 0 Å². The number of hydrogen-bond acceptors (Lipinski definition) is 4. The highest BCUT2D eigenvalue weighted by molar-refractivity contribution is 7.89. The van der Waals surface area contributed by atoms with Gasteiger partial charge in [0, 0.05) is 25.4 Å². The normalized spacial score (nSPS) is 11.6. The smallest absolute Gasteiger partial charge is 0.248 e. The molecule has 0 saturated heterocycles. The van der Waals surface area contributed by atoms with Crippen molar-refractivity contribution in [2.24, 2.45) is 0 Å². The van der Waals surface area contributed by atoms with E-state index >= 15 is 0 Å². The molecule has 31 heavy (non-hydrogen) atoms. The van der Waals surface area contributed by atoms with Gasteiger partial charge in [0.25, 0.3) is 0 Å². The summed E-state index contributed by atoms with van der Waals surface area (Å²) >= 11 is 0. The molecule has 0 unspecified atom stereocenters. The number of anilines is 1. The van der Waals surface area contributed by atoms with E-state index in [0.717, 1.165) is 16.9 Å². The summed E-state index contributed by atoms with van der Waals surface area (Å²) in [5, 5.41) is 2.72. The number of sulfonamides is 1. The number of carbonyl (C=O) groups is 1. The molecule has 160 valence electrons. The summed E-state index contributed by atoms with van der Waals surface area (Å²) in [6, 6.07) is 22.8. The molecule has 0 atom stereocenters. The number of nitrogens with zero attached hydrogens (tertiary/aromatic N) is 1. The second-order valence-electron chi connectivity index (χ2n) is 6.87. The molecule has 0 fully saturated rings. The third kappa shape index (κ3) is 6.04. The van der Waals surface area contributed by atoms with Crippen LogP contribution in [0.5, 0.6) is 5.75 Å². The summed E-state index contributed by atoms with van der Waals surface area (Å²) in [7, 11) is -0.501. The minimum Gasteiger partial charge on any atom is -0.497 e. The molecule has 0 radical (unpaired) electrons. The molecule has 3 aromatic carbocycles. The molecule has 0 aromatic heterocycles. The largest absolute Gasteiger partial charge is 0.497 e. The fourth-order valence-corrected chi connectivity index (χ4v) is 4.05. The zero-order valence-electron chi connectivity index (χ0n) is 17.4. The Balaban J connectivity index is 1.62. The van der Waals surface area contributed by atoms with Gasteiger partial charge in [-0.1, -0.05) is 42.5 Å². The first-order valence-corrected chi connectivity index (χ1v) is 11.1. The Bertz CT molecular complexity index is 1140. The van der Waals surface area contributed by atoms with Crippen LogP contribution in [0.2, 0.25) is 0 Å². The van der Waals surface area contributed by atoms with Crippen LogP contribution in [-0.4, -0.2) is 32.8 Å². The van der Waals surface area contributed by atoms with Crippen LogP contribution < -0.4 is 10.1 Å².